The third-order valence-electron chi connectivity index (χ3n) is 4.53. The van der Waals surface area contributed by atoms with Gasteiger partial charge in [0.05, 0.1) is 18.5 Å². The van der Waals surface area contributed by atoms with E-state index in [1.807, 2.05) is 42.5 Å². The first-order valence-electron chi connectivity index (χ1n) is 8.91. The third-order valence-corrected chi connectivity index (χ3v) is 6.38. The molecule has 2 heterocycles. The molecule has 0 spiro atoms. The maximum Gasteiger partial charge on any atom is 0.305 e. The highest BCUT2D eigenvalue weighted by Crippen LogP contribution is 2.30. The molecule has 0 bridgehead atoms. The Labute approximate surface area is 184 Å². The van der Waals surface area contributed by atoms with E-state index in [1.165, 1.54) is 12.1 Å². The van der Waals surface area contributed by atoms with Crippen molar-refractivity contribution in [1.82, 2.24) is 20.0 Å². The van der Waals surface area contributed by atoms with Gasteiger partial charge in [-0.25, -0.2) is 5.01 Å². The van der Waals surface area contributed by atoms with Crippen molar-refractivity contribution in [2.45, 2.75) is 10.9 Å². The molecule has 0 aliphatic carbocycles. The molecule has 1 atom stereocenters. The van der Waals surface area contributed by atoms with E-state index in [1.54, 1.807) is 12.1 Å². The molecule has 1 aliphatic heterocycles. The number of amidine groups is 1. The van der Waals surface area contributed by atoms with Crippen molar-refractivity contribution in [3.8, 4) is 0 Å². The number of hydrogen-bond acceptors (Lipinski definition) is 5. The van der Waals surface area contributed by atoms with Crippen LogP contribution in [0.1, 0.15) is 17.0 Å². The van der Waals surface area contributed by atoms with Crippen LogP contribution in [-0.4, -0.2) is 45.8 Å². The van der Waals surface area contributed by atoms with Crippen molar-refractivity contribution in [3.05, 3.63) is 76.9 Å². The zero-order valence-electron chi connectivity index (χ0n) is 15.8. The van der Waals surface area contributed by atoms with Gasteiger partial charge in [-0.1, -0.05) is 54.1 Å². The molecule has 1 unspecified atom stereocenters. The van der Waals surface area contributed by atoms with Crippen molar-refractivity contribution < 1.29 is 8.42 Å². The smallest absolute Gasteiger partial charge is 0.241 e. The van der Waals surface area contributed by atoms with Crippen molar-refractivity contribution >= 4 is 45.1 Å². The predicted molar refractivity (Wildman–Crippen MR) is 118 cm³/mol. The van der Waals surface area contributed by atoms with Crippen LogP contribution in [0.5, 0.6) is 0 Å². The summed E-state index contributed by atoms with van der Waals surface area (Å²) in [4.78, 5) is 1.15. The molecule has 2 aromatic carbocycles. The van der Waals surface area contributed by atoms with Crippen molar-refractivity contribution in [2.75, 3.05) is 6.54 Å². The van der Waals surface area contributed by atoms with Gasteiger partial charge in [-0.05, 0) is 23.3 Å². The summed E-state index contributed by atoms with van der Waals surface area (Å²) in [6.45, 7) is 0.389. The van der Waals surface area contributed by atoms with Crippen LogP contribution in [0.4, 0.5) is 0 Å². The maximum absolute atomic E-state index is 12.5. The Kier molecular flexibility index (Phi) is 5.63. The summed E-state index contributed by atoms with van der Waals surface area (Å²) in [6, 6.07) is 17.2. The lowest BCUT2D eigenvalue weighted by atomic mass is 9.91. The minimum Gasteiger partial charge on any atom is -0.241 e. The number of aryl methyl sites for hydroxylation is 1. The fourth-order valence-electron chi connectivity index (χ4n) is 3.10. The van der Waals surface area contributed by atoms with Gasteiger partial charge < -0.3 is 0 Å². The van der Waals surface area contributed by atoms with Crippen molar-refractivity contribution in [2.24, 2.45) is 16.5 Å². The number of benzene rings is 2. The van der Waals surface area contributed by atoms with Crippen molar-refractivity contribution in [3.63, 3.8) is 0 Å². The fraction of sp³-hybridized carbons (Fsp3) is 0.158. The normalized spacial score (nSPS) is 17.3. The number of hydrazone groups is 1. The van der Waals surface area contributed by atoms with E-state index < -0.39 is 10.0 Å². The lowest BCUT2D eigenvalue weighted by molar-refractivity contribution is 0.485. The highest BCUT2D eigenvalue weighted by atomic mass is 35.5. The minimum absolute atomic E-state index is 0.0504. The quantitative estimate of drug-likeness (QED) is 0.367. The first-order chi connectivity index (χ1) is 14.3. The lowest BCUT2D eigenvalue weighted by Crippen LogP contribution is -2.23. The molecule has 8 nitrogen and oxygen atoms in total. The summed E-state index contributed by atoms with van der Waals surface area (Å²) in [5.41, 5.74) is 2.71. The Hall–Kier alpha value is -2.69. The molecule has 11 heteroatoms. The Morgan fingerprint density at radius 1 is 1.17 bits per heavy atom. The Balaban J connectivity index is 1.71. The Morgan fingerprint density at radius 3 is 2.50 bits per heavy atom. The monoisotopic (exact) mass is 460 g/mol. The molecule has 1 aliphatic rings. The van der Waals surface area contributed by atoms with E-state index >= 15 is 0 Å². The molecule has 0 radical (unpaired) electrons. The van der Waals surface area contributed by atoms with E-state index in [2.05, 4.69) is 32.3 Å². The predicted octanol–water partition coefficient (Wildman–Crippen LogP) is 2.95. The van der Waals surface area contributed by atoms with Crippen LogP contribution in [0.2, 0.25) is 5.02 Å². The Bertz CT molecular complexity index is 1220. The third kappa shape index (κ3) is 4.25. The van der Waals surface area contributed by atoms with Gasteiger partial charge in [0.25, 0.3) is 0 Å². The molecule has 3 aromatic rings. The largest absolute Gasteiger partial charge is 0.305 e. The number of halogens is 1. The van der Waals surface area contributed by atoms with E-state index in [-0.39, 0.29) is 16.1 Å². The van der Waals surface area contributed by atoms with Gasteiger partial charge in [0.2, 0.25) is 5.03 Å². The number of rotatable bonds is 4. The molecular weight excluding hydrogens is 444 g/mol. The molecular formula is C19H17ClN6O2S2. The van der Waals surface area contributed by atoms with Gasteiger partial charge in [-0.15, -0.1) is 22.1 Å². The van der Waals surface area contributed by atoms with Crippen LogP contribution < -0.4 is 0 Å². The fourth-order valence-corrected chi connectivity index (χ4v) is 4.48. The van der Waals surface area contributed by atoms with Gasteiger partial charge in [0, 0.05) is 18.0 Å². The van der Waals surface area contributed by atoms with Crippen LogP contribution >= 0.6 is 24.2 Å². The number of nitrogens with zero attached hydrogens (tertiary/aromatic N) is 6. The second-order valence-electron chi connectivity index (χ2n) is 6.58. The van der Waals surface area contributed by atoms with E-state index in [9.17, 15) is 8.42 Å². The van der Waals surface area contributed by atoms with Crippen LogP contribution in [-0.2, 0) is 17.1 Å². The summed E-state index contributed by atoms with van der Waals surface area (Å²) in [5.74, 6) is -0.0936. The summed E-state index contributed by atoms with van der Waals surface area (Å²) in [5, 5.41) is 14.0. The topological polar surface area (TPSA) is 92.8 Å². The maximum atomic E-state index is 12.5. The van der Waals surface area contributed by atoms with Gasteiger partial charge in [0.15, 0.2) is 5.17 Å². The summed E-state index contributed by atoms with van der Waals surface area (Å²) >= 11 is 10.3. The van der Waals surface area contributed by atoms with Crippen LogP contribution in [0.25, 0.3) is 0 Å². The van der Waals surface area contributed by atoms with Crippen LogP contribution in [0.3, 0.4) is 0 Å². The lowest BCUT2D eigenvalue weighted by Gasteiger charge is -2.15. The molecule has 1 aromatic heterocycles. The molecule has 154 valence electrons. The highest BCUT2D eigenvalue weighted by Gasteiger charge is 2.31. The van der Waals surface area contributed by atoms with Gasteiger partial charge >= 0.3 is 10.0 Å². The molecule has 4 rings (SSSR count). The number of aromatic nitrogens is 3. The van der Waals surface area contributed by atoms with Crippen LogP contribution in [0.15, 0.2) is 75.3 Å². The van der Waals surface area contributed by atoms with Crippen LogP contribution in [0, 0.1) is 0 Å². The highest BCUT2D eigenvalue weighted by molar-refractivity contribution is 7.98. The van der Waals surface area contributed by atoms with Crippen molar-refractivity contribution in [1.29, 1.82) is 0 Å². The standard InChI is InChI=1S/C19H17ClN6O2S2/c1-25-21-11-17(22-25)30(27,28)24-19(29)26-12-16(13-5-3-2-4-6-13)18(23-26)14-7-9-15(20)10-8-14/h2-11,16H,12H2,1H3,(H,24,29). The SMILES string of the molecule is Cn1ncc(S(=O)(=O)/N=C(\S)N2CC(c3ccccc3)C(c3ccc(Cl)cc3)=N2)n1. The molecule has 30 heavy (non-hydrogen) atoms. The average Bonchev–Trinajstić information content (AvgIpc) is 3.36. The van der Waals surface area contributed by atoms with E-state index in [4.69, 9.17) is 11.6 Å². The molecule has 0 fully saturated rings. The number of hydrogen-bond donors (Lipinski definition) is 1. The van der Waals surface area contributed by atoms with E-state index in [0.717, 1.165) is 27.8 Å². The zero-order chi connectivity index (χ0) is 21.3. The summed E-state index contributed by atoms with van der Waals surface area (Å²) in [7, 11) is -2.53. The first-order valence-corrected chi connectivity index (χ1v) is 11.2. The Morgan fingerprint density at radius 2 is 1.87 bits per heavy atom. The zero-order valence-corrected chi connectivity index (χ0v) is 18.3. The number of sulfonamides is 1. The number of thiol groups is 1. The van der Waals surface area contributed by atoms with Gasteiger partial charge in [0.1, 0.15) is 0 Å². The molecule has 0 N–H and O–H groups in total. The summed E-state index contributed by atoms with van der Waals surface area (Å²) in [6.07, 6.45) is 1.14. The summed E-state index contributed by atoms with van der Waals surface area (Å²) < 4.78 is 28.8. The van der Waals surface area contributed by atoms with Gasteiger partial charge in [-0.2, -0.15) is 23.4 Å². The average molecular weight is 461 g/mol. The minimum atomic E-state index is -4.06. The second-order valence-corrected chi connectivity index (χ2v) is 8.96. The second kappa shape index (κ2) is 8.21. The van der Waals surface area contributed by atoms with E-state index in [0.29, 0.717) is 11.6 Å². The molecule has 0 saturated heterocycles. The molecule has 0 saturated carbocycles. The first kappa shape index (κ1) is 20.6. The molecule has 0 amide bonds. The van der Waals surface area contributed by atoms with Gasteiger partial charge in [-0.3, -0.25) is 0 Å².